The topological polar surface area (TPSA) is 109 Å². The number of pyridine rings is 1. The number of carbonyl (C=O) groups excluding carboxylic acids is 2. The Morgan fingerprint density at radius 3 is 2.41 bits per heavy atom. The molecule has 1 aliphatic carbocycles. The number of nitrogens with zero attached hydrogens (tertiary/aromatic N) is 2. The van der Waals surface area contributed by atoms with Gasteiger partial charge in [-0.15, -0.1) is 0 Å². The van der Waals surface area contributed by atoms with Crippen LogP contribution in [-0.2, 0) is 11.3 Å². The lowest BCUT2D eigenvalue weighted by Crippen LogP contribution is -2.34. The van der Waals surface area contributed by atoms with E-state index >= 15 is 0 Å². The molecule has 46 heavy (non-hydrogen) atoms. The summed E-state index contributed by atoms with van der Waals surface area (Å²) in [6, 6.07) is 4.70. The monoisotopic (exact) mass is 691 g/mol. The summed E-state index contributed by atoms with van der Waals surface area (Å²) in [5.74, 6) is -1.91. The second kappa shape index (κ2) is 14.7. The van der Waals surface area contributed by atoms with Gasteiger partial charge in [-0.2, -0.15) is 23.1 Å². The Hall–Kier alpha value is -3.19. The number of hydrogen-bond acceptors (Lipinski definition) is 6. The smallest absolute Gasteiger partial charge is 0.391 e. The molecular formula is C31H36Cl2F5N5O3. The summed E-state index contributed by atoms with van der Waals surface area (Å²) in [6.07, 6.45) is -4.89. The highest BCUT2D eigenvalue weighted by molar-refractivity contribution is 6.39. The summed E-state index contributed by atoms with van der Waals surface area (Å²) in [6.45, 7) is 4.52. The number of nitrogens with one attached hydrogen (secondary N) is 3. The Morgan fingerprint density at radius 1 is 1.09 bits per heavy atom. The number of Topliss-reactive ketones (excluding diaryl/α,β-unsaturated/α-hetero) is 1. The summed E-state index contributed by atoms with van der Waals surface area (Å²) in [5, 5.41) is 6.31. The van der Waals surface area contributed by atoms with Crippen LogP contribution in [0.3, 0.4) is 0 Å². The predicted molar refractivity (Wildman–Crippen MR) is 166 cm³/mol. The number of rotatable bonds is 12. The third kappa shape index (κ3) is 9.21. The first-order valence-electron chi connectivity index (χ1n) is 15.0. The van der Waals surface area contributed by atoms with E-state index in [0.717, 1.165) is 0 Å². The van der Waals surface area contributed by atoms with Gasteiger partial charge < -0.3 is 20.4 Å². The van der Waals surface area contributed by atoms with Crippen molar-refractivity contribution < 1.29 is 36.3 Å². The minimum absolute atomic E-state index is 0.0169. The van der Waals surface area contributed by atoms with Crippen molar-refractivity contribution in [3.05, 3.63) is 39.4 Å². The van der Waals surface area contributed by atoms with Crippen molar-refractivity contribution in [2.75, 3.05) is 11.9 Å². The summed E-state index contributed by atoms with van der Waals surface area (Å²) in [5.41, 5.74) is 0.645. The summed E-state index contributed by atoms with van der Waals surface area (Å²) < 4.78 is 70.1. The molecule has 1 aliphatic rings. The predicted octanol–water partition coefficient (Wildman–Crippen LogP) is 9.04. The maximum absolute atomic E-state index is 13.2. The van der Waals surface area contributed by atoms with Crippen molar-refractivity contribution in [2.24, 2.45) is 17.3 Å². The zero-order valence-corrected chi connectivity index (χ0v) is 27.1. The van der Waals surface area contributed by atoms with Gasteiger partial charge in [0, 0.05) is 18.4 Å². The van der Waals surface area contributed by atoms with Crippen molar-refractivity contribution in [1.29, 1.82) is 0 Å². The van der Waals surface area contributed by atoms with E-state index in [-0.39, 0.29) is 70.7 Å². The molecule has 0 bridgehead atoms. The molecule has 0 spiro atoms. The zero-order chi connectivity index (χ0) is 33.8. The van der Waals surface area contributed by atoms with E-state index < -0.39 is 36.3 Å². The Kier molecular flexibility index (Phi) is 11.4. The first-order valence-corrected chi connectivity index (χ1v) is 15.7. The number of amides is 1. The quantitative estimate of drug-likeness (QED) is 0.129. The number of halogens is 7. The van der Waals surface area contributed by atoms with Gasteiger partial charge in [-0.3, -0.25) is 9.59 Å². The second-order valence-electron chi connectivity index (χ2n) is 12.5. The molecule has 1 saturated carbocycles. The zero-order valence-electron chi connectivity index (χ0n) is 25.6. The number of aromatic amines is 1. The van der Waals surface area contributed by atoms with Crippen LogP contribution in [0, 0.1) is 17.3 Å². The highest BCUT2D eigenvalue weighted by Crippen LogP contribution is 2.41. The number of anilines is 2. The van der Waals surface area contributed by atoms with Gasteiger partial charge in [-0.05, 0) is 55.7 Å². The summed E-state index contributed by atoms with van der Waals surface area (Å²) in [4.78, 5) is 37.1. The van der Waals surface area contributed by atoms with Crippen LogP contribution < -0.4 is 15.4 Å². The number of alkyl halides is 5. The van der Waals surface area contributed by atoms with E-state index in [9.17, 15) is 31.5 Å². The molecule has 1 fully saturated rings. The van der Waals surface area contributed by atoms with Gasteiger partial charge in [-0.1, -0.05) is 56.5 Å². The van der Waals surface area contributed by atoms with Crippen molar-refractivity contribution in [2.45, 2.75) is 84.9 Å². The maximum Gasteiger partial charge on any atom is 0.391 e. The van der Waals surface area contributed by atoms with Crippen LogP contribution in [0.4, 0.5) is 33.6 Å². The molecule has 0 saturated heterocycles. The fourth-order valence-corrected chi connectivity index (χ4v) is 5.84. The average molecular weight is 693 g/mol. The van der Waals surface area contributed by atoms with Crippen LogP contribution in [-0.4, -0.2) is 45.9 Å². The average Bonchev–Trinajstić information content (AvgIpc) is 3.37. The van der Waals surface area contributed by atoms with E-state index in [2.05, 4.69) is 25.6 Å². The first kappa shape index (κ1) is 35.7. The highest BCUT2D eigenvalue weighted by atomic mass is 35.5. The van der Waals surface area contributed by atoms with Gasteiger partial charge in [0.05, 0.1) is 32.7 Å². The lowest BCUT2D eigenvalue weighted by molar-refractivity contribution is -0.184. The van der Waals surface area contributed by atoms with E-state index in [1.165, 1.54) is 6.07 Å². The van der Waals surface area contributed by atoms with Gasteiger partial charge in [0.25, 0.3) is 6.43 Å². The molecule has 3 aromatic rings. The third-order valence-corrected chi connectivity index (χ3v) is 8.69. The van der Waals surface area contributed by atoms with Crippen molar-refractivity contribution in [3.63, 3.8) is 0 Å². The number of carbonyl (C=O) groups is 2. The van der Waals surface area contributed by atoms with E-state index in [1.807, 2.05) is 0 Å². The normalized spacial score (nSPS) is 17.4. The molecule has 15 heteroatoms. The summed E-state index contributed by atoms with van der Waals surface area (Å²) in [7, 11) is 0. The lowest BCUT2D eigenvalue weighted by Gasteiger charge is -2.29. The Bertz CT molecular complexity index is 1550. The van der Waals surface area contributed by atoms with Gasteiger partial charge in [0.1, 0.15) is 0 Å². The number of H-pyrrole nitrogens is 1. The van der Waals surface area contributed by atoms with Crippen LogP contribution >= 0.6 is 23.2 Å². The SMILES string of the molecule is CC(C)(C)C(=O)NCc1ccc(Cl)c(Nc2nc3nc(OCC(F)F)c(C(=O)CCCC4CCC(C(F)(F)F)CC4)cc3[nH]2)c1Cl. The Balaban J connectivity index is 1.49. The van der Waals surface area contributed by atoms with Crippen molar-refractivity contribution >= 4 is 57.7 Å². The molecule has 0 radical (unpaired) electrons. The molecule has 4 rings (SSSR count). The Labute approximate surface area is 273 Å². The van der Waals surface area contributed by atoms with Gasteiger partial charge >= 0.3 is 6.18 Å². The van der Waals surface area contributed by atoms with E-state index in [4.69, 9.17) is 27.9 Å². The number of hydrogen-bond donors (Lipinski definition) is 3. The fraction of sp³-hybridized carbons (Fsp3) is 0.548. The van der Waals surface area contributed by atoms with Crippen LogP contribution in [0.25, 0.3) is 11.2 Å². The molecular weight excluding hydrogens is 656 g/mol. The molecule has 252 valence electrons. The van der Waals surface area contributed by atoms with Crippen molar-refractivity contribution in [1.82, 2.24) is 20.3 Å². The minimum atomic E-state index is -4.18. The molecule has 0 aliphatic heterocycles. The van der Waals surface area contributed by atoms with Crippen LogP contribution in [0.2, 0.25) is 10.0 Å². The van der Waals surface area contributed by atoms with Gasteiger partial charge in [0.15, 0.2) is 18.0 Å². The molecule has 0 unspecified atom stereocenters. The number of imidazole rings is 1. The number of ketones is 1. The van der Waals surface area contributed by atoms with E-state index in [0.29, 0.717) is 42.5 Å². The fourth-order valence-electron chi connectivity index (χ4n) is 5.31. The molecule has 0 atom stereocenters. The molecule has 1 amide bonds. The standard InChI is InChI=1S/C31H36Cl2F5N5O3/c1-30(2,3)28(45)39-14-17-9-12-20(32)25(24(17)33)41-29-40-21-13-19(27(42-26(21)43-29)46-15-23(34)35)22(44)6-4-5-16-7-10-18(11-8-16)31(36,37)38/h9,12-13,16,18,23H,4-8,10-11,14-15H2,1-3H3,(H,39,45)(H2,40,41,42,43). The molecule has 2 heterocycles. The van der Waals surface area contributed by atoms with E-state index in [1.54, 1.807) is 32.9 Å². The van der Waals surface area contributed by atoms with Gasteiger partial charge in [0.2, 0.25) is 17.7 Å². The number of benzene rings is 1. The Morgan fingerprint density at radius 2 is 1.78 bits per heavy atom. The largest absolute Gasteiger partial charge is 0.471 e. The van der Waals surface area contributed by atoms with Crippen LogP contribution in [0.1, 0.15) is 81.6 Å². The lowest BCUT2D eigenvalue weighted by atomic mass is 9.79. The molecule has 8 nitrogen and oxygen atoms in total. The molecule has 2 aromatic heterocycles. The van der Waals surface area contributed by atoms with Gasteiger partial charge in [-0.25, -0.2) is 8.78 Å². The number of ether oxygens (including phenoxy) is 1. The second-order valence-corrected chi connectivity index (χ2v) is 13.3. The van der Waals surface area contributed by atoms with Crippen LogP contribution in [0.15, 0.2) is 18.2 Å². The molecule has 3 N–H and O–H groups in total. The highest BCUT2D eigenvalue weighted by Gasteiger charge is 2.41. The number of fused-ring (bicyclic) bond motifs is 1. The number of aromatic nitrogens is 3. The summed E-state index contributed by atoms with van der Waals surface area (Å²) >= 11 is 13.0. The third-order valence-electron chi connectivity index (χ3n) is 7.95. The minimum Gasteiger partial charge on any atom is -0.471 e. The first-order chi connectivity index (χ1) is 21.5. The molecule has 1 aromatic carbocycles. The van der Waals surface area contributed by atoms with Crippen molar-refractivity contribution in [3.8, 4) is 5.88 Å². The van der Waals surface area contributed by atoms with Crippen LogP contribution in [0.5, 0.6) is 5.88 Å². The maximum atomic E-state index is 13.2.